The van der Waals surface area contributed by atoms with Gasteiger partial charge in [0.25, 0.3) is 0 Å². The highest BCUT2D eigenvalue weighted by molar-refractivity contribution is 5.60. The highest BCUT2D eigenvalue weighted by atomic mass is 15.5. The molecule has 0 aliphatic heterocycles. The lowest BCUT2D eigenvalue weighted by atomic mass is 10.1. The smallest absolute Gasteiger partial charge is 0.216 e. The Kier molecular flexibility index (Phi) is 5.79. The molecule has 3 aromatic heterocycles. The van der Waals surface area contributed by atoms with Gasteiger partial charge in [-0.3, -0.25) is 0 Å². The summed E-state index contributed by atoms with van der Waals surface area (Å²) >= 11 is 0. The van der Waals surface area contributed by atoms with Crippen LogP contribution in [0.25, 0.3) is 34.2 Å². The van der Waals surface area contributed by atoms with Crippen molar-refractivity contribution < 1.29 is 9.36 Å². The minimum Gasteiger partial charge on any atom is -0.240 e. The van der Waals surface area contributed by atoms with Crippen molar-refractivity contribution in [1.82, 2.24) is 24.8 Å². The van der Waals surface area contributed by atoms with Crippen molar-refractivity contribution in [2.45, 2.75) is 41.5 Å². The molecule has 3 heterocycles. The Morgan fingerprint density at radius 3 is 1.31 bits per heavy atom. The van der Waals surface area contributed by atoms with Crippen LogP contribution in [-0.4, -0.2) is 24.8 Å². The van der Waals surface area contributed by atoms with Crippen LogP contribution >= 0.6 is 0 Å². The molecule has 0 saturated carbocycles. The minimum absolute atomic E-state index is 0.860. The van der Waals surface area contributed by atoms with Gasteiger partial charge in [-0.15, -0.1) is 18.7 Å². The van der Waals surface area contributed by atoms with Gasteiger partial charge >= 0.3 is 0 Å². The Morgan fingerprint density at radius 1 is 0.583 bits per heavy atom. The average Bonchev–Trinajstić information content (AvgIpc) is 3.35. The Hall–Kier alpha value is -4.13. The molecule has 5 rings (SSSR count). The van der Waals surface area contributed by atoms with Crippen LogP contribution in [0.1, 0.15) is 33.4 Å². The summed E-state index contributed by atoms with van der Waals surface area (Å²) in [4.78, 5) is 5.02. The maximum Gasteiger partial charge on any atom is 0.216 e. The highest BCUT2D eigenvalue weighted by Crippen LogP contribution is 2.23. The van der Waals surface area contributed by atoms with E-state index in [4.69, 9.17) is 15.4 Å². The largest absolute Gasteiger partial charge is 0.240 e. The van der Waals surface area contributed by atoms with E-state index in [9.17, 15) is 0 Å². The lowest BCUT2D eigenvalue weighted by Gasteiger charge is -2.05. The number of hydrogen-bond acceptors (Lipinski definition) is 3. The van der Waals surface area contributed by atoms with Gasteiger partial charge in [-0.1, -0.05) is 41.5 Å². The number of pyridine rings is 1. The van der Waals surface area contributed by atoms with Gasteiger partial charge in [-0.25, -0.2) is 4.98 Å². The molecule has 0 fully saturated rings. The number of benzene rings is 2. The molecular formula is C29H33N7+2. The van der Waals surface area contributed by atoms with E-state index in [0.29, 0.717) is 0 Å². The highest BCUT2D eigenvalue weighted by Gasteiger charge is 2.24. The average molecular weight is 480 g/mol. The van der Waals surface area contributed by atoms with Crippen LogP contribution in [0.2, 0.25) is 0 Å². The molecule has 0 N–H and O–H groups in total. The standard InChI is InChI=1S/C29H33N7/c1-18-12-20(3)28(21(4)13-18)35-16-26(33(7)31-35)24-10-9-11-25(30-24)27-17-36(32-34(27)8)29-22(5)14-19(2)15-23(29)6/h9-17H,1-8H3/q+2. The maximum atomic E-state index is 5.02. The molecule has 0 aliphatic rings. The van der Waals surface area contributed by atoms with Crippen molar-refractivity contribution in [3.05, 3.63) is 88.2 Å². The van der Waals surface area contributed by atoms with E-state index in [2.05, 4.69) is 78.2 Å². The summed E-state index contributed by atoms with van der Waals surface area (Å²) in [6.07, 6.45) is 4.11. The Bertz CT molecular complexity index is 1460. The third kappa shape index (κ3) is 4.11. The quantitative estimate of drug-likeness (QED) is 0.362. The summed E-state index contributed by atoms with van der Waals surface area (Å²) < 4.78 is 7.67. The molecular weight excluding hydrogens is 446 g/mol. The third-order valence-corrected chi connectivity index (χ3v) is 6.65. The first-order chi connectivity index (χ1) is 17.1. The zero-order valence-corrected chi connectivity index (χ0v) is 22.3. The van der Waals surface area contributed by atoms with Crippen LogP contribution in [0.3, 0.4) is 0 Å². The lowest BCUT2D eigenvalue weighted by molar-refractivity contribution is -0.662. The topological polar surface area (TPSA) is 56.3 Å². The Balaban J connectivity index is 1.56. The molecule has 2 aromatic carbocycles. The summed E-state index contributed by atoms with van der Waals surface area (Å²) in [5.41, 5.74) is 13.1. The number of aromatic nitrogens is 7. The van der Waals surface area contributed by atoms with E-state index < -0.39 is 0 Å². The van der Waals surface area contributed by atoms with Crippen LogP contribution in [0.15, 0.2) is 54.9 Å². The minimum atomic E-state index is 0.860. The molecule has 0 aliphatic carbocycles. The van der Waals surface area contributed by atoms with Gasteiger partial charge in [0, 0.05) is 0 Å². The van der Waals surface area contributed by atoms with Gasteiger partial charge in [-0.05, 0) is 75.9 Å². The number of hydrogen-bond donors (Lipinski definition) is 0. The molecule has 0 atom stereocenters. The molecule has 0 radical (unpaired) electrons. The molecule has 0 unspecified atom stereocenters. The van der Waals surface area contributed by atoms with E-state index in [-0.39, 0.29) is 0 Å². The molecule has 5 aromatic rings. The molecule has 182 valence electrons. The number of nitrogens with zero attached hydrogens (tertiary/aromatic N) is 7. The van der Waals surface area contributed by atoms with E-state index in [1.807, 2.05) is 51.0 Å². The van der Waals surface area contributed by atoms with Gasteiger partial charge in [-0.2, -0.15) is 0 Å². The number of aryl methyl sites for hydroxylation is 8. The second kappa shape index (κ2) is 8.82. The SMILES string of the molecule is Cc1cc(C)c(-[n+]2cc(-c3cccc(-c4c[n+](-c5c(C)cc(C)cc5C)nn4C)n3)n(C)n2)c(C)c1. The van der Waals surface area contributed by atoms with Gasteiger partial charge in [0.2, 0.25) is 11.4 Å². The fraction of sp³-hybridized carbons (Fsp3) is 0.276. The van der Waals surface area contributed by atoms with Crippen LogP contribution < -0.4 is 9.36 Å². The molecule has 0 amide bonds. The molecule has 7 heteroatoms. The summed E-state index contributed by atoms with van der Waals surface area (Å²) in [6.45, 7) is 12.8. The van der Waals surface area contributed by atoms with E-state index in [0.717, 1.165) is 34.2 Å². The normalized spacial score (nSPS) is 11.3. The van der Waals surface area contributed by atoms with Crippen molar-refractivity contribution in [1.29, 1.82) is 0 Å². The molecule has 0 saturated heterocycles. The summed E-state index contributed by atoms with van der Waals surface area (Å²) in [5.74, 6) is 0. The molecule has 0 bridgehead atoms. The second-order valence-electron chi connectivity index (χ2n) is 9.85. The van der Waals surface area contributed by atoms with E-state index in [1.54, 1.807) is 0 Å². The van der Waals surface area contributed by atoms with Crippen molar-refractivity contribution in [3.8, 4) is 34.2 Å². The molecule has 7 nitrogen and oxygen atoms in total. The fourth-order valence-electron chi connectivity index (χ4n) is 5.31. The van der Waals surface area contributed by atoms with Crippen LogP contribution in [0.5, 0.6) is 0 Å². The maximum absolute atomic E-state index is 5.02. The second-order valence-corrected chi connectivity index (χ2v) is 9.85. The van der Waals surface area contributed by atoms with Crippen LogP contribution in [0, 0.1) is 41.5 Å². The molecule has 0 spiro atoms. The zero-order chi connectivity index (χ0) is 25.7. The van der Waals surface area contributed by atoms with Gasteiger partial charge < -0.3 is 0 Å². The van der Waals surface area contributed by atoms with Gasteiger partial charge in [0.1, 0.15) is 25.5 Å². The predicted molar refractivity (Wildman–Crippen MR) is 140 cm³/mol. The van der Waals surface area contributed by atoms with E-state index >= 15 is 0 Å². The predicted octanol–water partition coefficient (Wildman–Crippen LogP) is 4.29. The van der Waals surface area contributed by atoms with Crippen molar-refractivity contribution in [2.24, 2.45) is 14.1 Å². The number of rotatable bonds is 4. The zero-order valence-electron chi connectivity index (χ0n) is 22.3. The first-order valence-electron chi connectivity index (χ1n) is 12.2. The van der Waals surface area contributed by atoms with Crippen LogP contribution in [-0.2, 0) is 14.1 Å². The van der Waals surface area contributed by atoms with Crippen molar-refractivity contribution >= 4 is 0 Å². The third-order valence-electron chi connectivity index (χ3n) is 6.65. The van der Waals surface area contributed by atoms with Crippen LogP contribution in [0.4, 0.5) is 0 Å². The van der Waals surface area contributed by atoms with Crippen molar-refractivity contribution in [2.75, 3.05) is 0 Å². The Morgan fingerprint density at radius 2 is 0.944 bits per heavy atom. The first-order valence-corrected chi connectivity index (χ1v) is 12.2. The first kappa shape index (κ1) is 23.6. The monoisotopic (exact) mass is 479 g/mol. The van der Waals surface area contributed by atoms with Gasteiger partial charge in [0.05, 0.1) is 10.4 Å². The van der Waals surface area contributed by atoms with Crippen molar-refractivity contribution in [3.63, 3.8) is 0 Å². The summed E-state index contributed by atoms with van der Waals surface area (Å²) in [7, 11) is 3.92. The fourth-order valence-corrected chi connectivity index (χ4v) is 5.31. The Labute approximate surface area is 212 Å². The summed E-state index contributed by atoms with van der Waals surface area (Å²) in [5, 5.41) is 9.54. The lowest BCUT2D eigenvalue weighted by Crippen LogP contribution is -2.35. The van der Waals surface area contributed by atoms with Gasteiger partial charge in [0.15, 0.2) is 23.8 Å². The molecule has 36 heavy (non-hydrogen) atoms. The summed E-state index contributed by atoms with van der Waals surface area (Å²) in [6, 6.07) is 14.9. The van der Waals surface area contributed by atoms with E-state index in [1.165, 1.54) is 33.4 Å².